The molecule has 0 bridgehead atoms. The topological polar surface area (TPSA) is 50.5 Å². The fourth-order valence-electron chi connectivity index (χ4n) is 2.81. The van der Waals surface area contributed by atoms with Crippen molar-refractivity contribution in [2.75, 3.05) is 6.54 Å². The SMILES string of the molecule is CCc1ccc(C(=O)N2CCCCCC2CC(C)=O)o1. The molecule has 0 saturated carbocycles. The number of furan rings is 1. The van der Waals surface area contributed by atoms with Gasteiger partial charge in [0.15, 0.2) is 5.76 Å². The Bertz CT molecular complexity index is 478. The molecule has 110 valence electrons. The van der Waals surface area contributed by atoms with Gasteiger partial charge in [-0.3, -0.25) is 9.59 Å². The van der Waals surface area contributed by atoms with Crippen LogP contribution in [0.5, 0.6) is 0 Å². The molecular formula is C16H23NO3. The molecule has 2 heterocycles. The van der Waals surface area contributed by atoms with Crippen LogP contribution in [0.15, 0.2) is 16.5 Å². The summed E-state index contributed by atoms with van der Waals surface area (Å²) in [4.78, 5) is 25.9. The summed E-state index contributed by atoms with van der Waals surface area (Å²) in [7, 11) is 0. The molecule has 1 fully saturated rings. The molecule has 0 spiro atoms. The predicted octanol–water partition coefficient (Wildman–Crippen LogP) is 3.21. The van der Waals surface area contributed by atoms with E-state index in [1.807, 2.05) is 17.9 Å². The van der Waals surface area contributed by atoms with E-state index >= 15 is 0 Å². The van der Waals surface area contributed by atoms with Gasteiger partial charge in [0.1, 0.15) is 11.5 Å². The van der Waals surface area contributed by atoms with Crippen molar-refractivity contribution in [3.63, 3.8) is 0 Å². The molecule has 0 radical (unpaired) electrons. The van der Waals surface area contributed by atoms with Gasteiger partial charge in [0.05, 0.1) is 0 Å². The lowest BCUT2D eigenvalue weighted by Gasteiger charge is -2.28. The molecule has 4 nitrogen and oxygen atoms in total. The third kappa shape index (κ3) is 3.50. The Morgan fingerprint density at radius 3 is 2.75 bits per heavy atom. The van der Waals surface area contributed by atoms with Gasteiger partial charge in [0.25, 0.3) is 5.91 Å². The summed E-state index contributed by atoms with van der Waals surface area (Å²) in [5, 5.41) is 0. The van der Waals surface area contributed by atoms with Crippen LogP contribution in [0.2, 0.25) is 0 Å². The molecule has 1 amide bonds. The number of hydrogen-bond donors (Lipinski definition) is 0. The molecule has 0 aromatic carbocycles. The molecule has 0 aliphatic carbocycles. The Labute approximate surface area is 120 Å². The lowest BCUT2D eigenvalue weighted by Crippen LogP contribution is -2.40. The first-order chi connectivity index (χ1) is 9.61. The first-order valence-corrected chi connectivity index (χ1v) is 7.51. The van der Waals surface area contributed by atoms with Crippen LogP contribution in [0, 0.1) is 0 Å². The summed E-state index contributed by atoms with van der Waals surface area (Å²) in [5.41, 5.74) is 0. The first kappa shape index (κ1) is 14.8. The summed E-state index contributed by atoms with van der Waals surface area (Å²) in [6.45, 7) is 4.31. The highest BCUT2D eigenvalue weighted by Crippen LogP contribution is 2.22. The molecule has 0 N–H and O–H groups in total. The average molecular weight is 277 g/mol. The van der Waals surface area contributed by atoms with Crippen LogP contribution >= 0.6 is 0 Å². The molecule has 1 saturated heterocycles. The zero-order valence-electron chi connectivity index (χ0n) is 12.4. The lowest BCUT2D eigenvalue weighted by atomic mass is 10.0. The van der Waals surface area contributed by atoms with Crippen molar-refractivity contribution in [2.24, 2.45) is 0 Å². The molecule has 2 rings (SSSR count). The van der Waals surface area contributed by atoms with Crippen molar-refractivity contribution >= 4 is 11.7 Å². The van der Waals surface area contributed by atoms with E-state index in [9.17, 15) is 9.59 Å². The first-order valence-electron chi connectivity index (χ1n) is 7.51. The number of nitrogens with zero attached hydrogens (tertiary/aromatic N) is 1. The molecule has 1 unspecified atom stereocenters. The zero-order valence-corrected chi connectivity index (χ0v) is 12.4. The van der Waals surface area contributed by atoms with Crippen LogP contribution in [0.1, 0.15) is 62.3 Å². The number of carbonyl (C=O) groups excluding carboxylic acids is 2. The fourth-order valence-corrected chi connectivity index (χ4v) is 2.81. The Morgan fingerprint density at radius 2 is 2.10 bits per heavy atom. The second-order valence-electron chi connectivity index (χ2n) is 5.53. The molecule has 4 heteroatoms. The molecule has 1 aliphatic rings. The van der Waals surface area contributed by atoms with E-state index in [4.69, 9.17) is 4.42 Å². The van der Waals surface area contributed by atoms with Crippen LogP contribution < -0.4 is 0 Å². The number of likely N-dealkylation sites (tertiary alicyclic amines) is 1. The second-order valence-corrected chi connectivity index (χ2v) is 5.53. The highest BCUT2D eigenvalue weighted by atomic mass is 16.4. The number of ketones is 1. The summed E-state index contributed by atoms with van der Waals surface area (Å²) in [5.74, 6) is 1.30. The van der Waals surface area contributed by atoms with Gasteiger partial charge < -0.3 is 9.32 Å². The predicted molar refractivity (Wildman–Crippen MR) is 76.7 cm³/mol. The van der Waals surface area contributed by atoms with Crippen LogP contribution in [-0.2, 0) is 11.2 Å². The summed E-state index contributed by atoms with van der Waals surface area (Å²) < 4.78 is 5.57. The van der Waals surface area contributed by atoms with Crippen molar-refractivity contribution in [2.45, 2.75) is 58.4 Å². The van der Waals surface area contributed by atoms with E-state index in [0.717, 1.165) is 44.4 Å². The van der Waals surface area contributed by atoms with Crippen molar-refractivity contribution in [1.29, 1.82) is 0 Å². The number of carbonyl (C=O) groups is 2. The van der Waals surface area contributed by atoms with E-state index in [0.29, 0.717) is 12.2 Å². The van der Waals surface area contributed by atoms with Gasteiger partial charge in [-0.15, -0.1) is 0 Å². The highest BCUT2D eigenvalue weighted by molar-refractivity contribution is 5.92. The van der Waals surface area contributed by atoms with E-state index in [1.54, 1.807) is 13.0 Å². The monoisotopic (exact) mass is 277 g/mol. The maximum absolute atomic E-state index is 12.6. The highest BCUT2D eigenvalue weighted by Gasteiger charge is 2.28. The van der Waals surface area contributed by atoms with Gasteiger partial charge in [-0.05, 0) is 31.9 Å². The maximum atomic E-state index is 12.6. The summed E-state index contributed by atoms with van der Waals surface area (Å²) in [6, 6.07) is 3.62. The number of rotatable bonds is 4. The van der Waals surface area contributed by atoms with E-state index in [2.05, 4.69) is 0 Å². The van der Waals surface area contributed by atoms with Gasteiger partial charge in [0, 0.05) is 25.4 Å². The molecule has 20 heavy (non-hydrogen) atoms. The van der Waals surface area contributed by atoms with Crippen molar-refractivity contribution in [3.8, 4) is 0 Å². The van der Waals surface area contributed by atoms with Crippen molar-refractivity contribution in [1.82, 2.24) is 4.90 Å². The second kappa shape index (κ2) is 6.73. The largest absolute Gasteiger partial charge is 0.456 e. The van der Waals surface area contributed by atoms with E-state index < -0.39 is 0 Å². The van der Waals surface area contributed by atoms with Crippen molar-refractivity contribution in [3.05, 3.63) is 23.7 Å². The molecule has 1 aromatic heterocycles. The summed E-state index contributed by atoms with van der Waals surface area (Å²) >= 11 is 0. The number of aryl methyl sites for hydroxylation is 1. The van der Waals surface area contributed by atoms with Crippen LogP contribution in [0.25, 0.3) is 0 Å². The number of Topliss-reactive ketones (excluding diaryl/α,β-unsaturated/α-hetero) is 1. The summed E-state index contributed by atoms with van der Waals surface area (Å²) in [6.07, 6.45) is 5.35. The van der Waals surface area contributed by atoms with Crippen molar-refractivity contribution < 1.29 is 14.0 Å². The smallest absolute Gasteiger partial charge is 0.289 e. The minimum Gasteiger partial charge on any atom is -0.456 e. The minimum absolute atomic E-state index is 0.0256. The Kier molecular flexibility index (Phi) is 4.99. The number of hydrogen-bond acceptors (Lipinski definition) is 3. The Hall–Kier alpha value is -1.58. The van der Waals surface area contributed by atoms with E-state index in [1.165, 1.54) is 0 Å². The third-order valence-electron chi connectivity index (χ3n) is 3.88. The lowest BCUT2D eigenvalue weighted by molar-refractivity contribution is -0.118. The molecule has 1 aromatic rings. The fraction of sp³-hybridized carbons (Fsp3) is 0.625. The Balaban J connectivity index is 2.16. The molecular weight excluding hydrogens is 254 g/mol. The normalized spacial score (nSPS) is 19.7. The van der Waals surface area contributed by atoms with Gasteiger partial charge in [-0.2, -0.15) is 0 Å². The standard InChI is InChI=1S/C16H23NO3/c1-3-14-8-9-15(20-14)16(19)17-10-6-4-5-7-13(17)11-12(2)18/h8-9,13H,3-7,10-11H2,1-2H3. The van der Waals surface area contributed by atoms with E-state index in [-0.39, 0.29) is 17.7 Å². The average Bonchev–Trinajstić information content (AvgIpc) is 2.79. The van der Waals surface area contributed by atoms with Crippen LogP contribution in [0.4, 0.5) is 0 Å². The van der Waals surface area contributed by atoms with Gasteiger partial charge >= 0.3 is 0 Å². The maximum Gasteiger partial charge on any atom is 0.289 e. The van der Waals surface area contributed by atoms with Gasteiger partial charge in [0.2, 0.25) is 0 Å². The van der Waals surface area contributed by atoms with Crippen LogP contribution in [-0.4, -0.2) is 29.2 Å². The number of amides is 1. The van der Waals surface area contributed by atoms with Gasteiger partial charge in [-0.25, -0.2) is 0 Å². The van der Waals surface area contributed by atoms with Crippen LogP contribution in [0.3, 0.4) is 0 Å². The Morgan fingerprint density at radius 1 is 1.30 bits per heavy atom. The molecule has 1 aliphatic heterocycles. The van der Waals surface area contributed by atoms with Gasteiger partial charge in [-0.1, -0.05) is 19.8 Å². The minimum atomic E-state index is -0.0714. The quantitative estimate of drug-likeness (QED) is 0.849. The zero-order chi connectivity index (χ0) is 14.5. The third-order valence-corrected chi connectivity index (χ3v) is 3.88. The molecule has 1 atom stereocenters.